The predicted molar refractivity (Wildman–Crippen MR) is 83.4 cm³/mol. The average Bonchev–Trinajstić information content (AvgIpc) is 2.49. The van der Waals surface area contributed by atoms with Crippen LogP contribution >= 0.6 is 0 Å². The molecule has 0 aromatic heterocycles. The number of allylic oxidation sites excluding steroid dienone is 1. The van der Waals surface area contributed by atoms with Gasteiger partial charge in [-0.05, 0) is 18.1 Å². The van der Waals surface area contributed by atoms with Gasteiger partial charge in [-0.1, -0.05) is 66.2 Å². The van der Waals surface area contributed by atoms with E-state index >= 15 is 0 Å². The maximum Gasteiger partial charge on any atom is 0.335 e. The minimum Gasteiger partial charge on any atom is -0.427 e. The highest BCUT2D eigenvalue weighted by Gasteiger charge is 2.19. The van der Waals surface area contributed by atoms with Crippen molar-refractivity contribution in [3.63, 3.8) is 0 Å². The number of hydrogen-bond acceptors (Lipinski definition) is 2. The van der Waals surface area contributed by atoms with E-state index in [4.69, 9.17) is 4.74 Å². The van der Waals surface area contributed by atoms with Gasteiger partial charge in [-0.3, -0.25) is 0 Å². The second kappa shape index (κ2) is 5.80. The Bertz CT molecular complexity index is 668. The van der Waals surface area contributed by atoms with Crippen molar-refractivity contribution in [2.45, 2.75) is 13.3 Å². The normalized spacial score (nSPS) is 14.4. The van der Waals surface area contributed by atoms with Crippen LogP contribution in [0.1, 0.15) is 24.5 Å². The summed E-state index contributed by atoms with van der Waals surface area (Å²) in [5.41, 5.74) is 4.12. The zero-order valence-corrected chi connectivity index (χ0v) is 11.9. The quantitative estimate of drug-likeness (QED) is 0.763. The van der Waals surface area contributed by atoms with E-state index in [1.807, 2.05) is 67.6 Å². The number of hydrogen-bond donors (Lipinski definition) is 0. The molecule has 2 nitrogen and oxygen atoms in total. The lowest BCUT2D eigenvalue weighted by molar-refractivity contribution is -0.134. The first-order valence-corrected chi connectivity index (χ1v) is 6.97. The molecule has 3 rings (SSSR count). The van der Waals surface area contributed by atoms with Gasteiger partial charge >= 0.3 is 5.97 Å². The van der Waals surface area contributed by atoms with E-state index in [1.165, 1.54) is 0 Å². The predicted octanol–water partition coefficient (Wildman–Crippen LogP) is 4.34. The van der Waals surface area contributed by atoms with Crippen LogP contribution in [0.4, 0.5) is 0 Å². The van der Waals surface area contributed by atoms with Crippen LogP contribution in [0.3, 0.4) is 0 Å². The minimum atomic E-state index is -0.293. The van der Waals surface area contributed by atoms with Gasteiger partial charge in [0, 0.05) is 18.1 Å². The smallest absolute Gasteiger partial charge is 0.335 e. The summed E-state index contributed by atoms with van der Waals surface area (Å²) in [5, 5.41) is 0. The molecule has 0 saturated carbocycles. The highest BCUT2D eigenvalue weighted by Crippen LogP contribution is 2.32. The van der Waals surface area contributed by atoms with Crippen molar-refractivity contribution < 1.29 is 9.53 Å². The van der Waals surface area contributed by atoms with Crippen LogP contribution in [0.15, 0.2) is 78.1 Å². The Morgan fingerprint density at radius 1 is 0.905 bits per heavy atom. The van der Waals surface area contributed by atoms with E-state index in [9.17, 15) is 4.79 Å². The lowest BCUT2D eigenvalue weighted by atomic mass is 9.94. The van der Waals surface area contributed by atoms with Gasteiger partial charge in [0.25, 0.3) is 0 Å². The number of carbonyl (C=O) groups excluding carboxylic acids is 1. The van der Waals surface area contributed by atoms with Crippen molar-refractivity contribution in [3.05, 3.63) is 89.2 Å². The molecule has 0 radical (unpaired) electrons. The summed E-state index contributed by atoms with van der Waals surface area (Å²) in [7, 11) is 0. The van der Waals surface area contributed by atoms with E-state index < -0.39 is 0 Å². The number of esters is 1. The van der Waals surface area contributed by atoms with Gasteiger partial charge in [0.15, 0.2) is 0 Å². The van der Waals surface area contributed by atoms with Crippen LogP contribution in [0.25, 0.3) is 5.57 Å². The third-order valence-electron chi connectivity index (χ3n) is 3.43. The lowest BCUT2D eigenvalue weighted by Gasteiger charge is -2.19. The summed E-state index contributed by atoms with van der Waals surface area (Å²) in [4.78, 5) is 11.7. The molecule has 2 aromatic rings. The number of carbonyl (C=O) groups is 1. The molecule has 1 aliphatic heterocycles. The second-order valence-corrected chi connectivity index (χ2v) is 5.12. The van der Waals surface area contributed by atoms with Crippen molar-refractivity contribution in [2.24, 2.45) is 0 Å². The van der Waals surface area contributed by atoms with Crippen molar-refractivity contribution in [2.75, 3.05) is 0 Å². The first-order chi connectivity index (χ1) is 10.2. The molecule has 2 heteroatoms. The highest BCUT2D eigenvalue weighted by atomic mass is 16.5. The highest BCUT2D eigenvalue weighted by molar-refractivity contribution is 5.89. The average molecular weight is 276 g/mol. The molecular weight excluding hydrogens is 260 g/mol. The summed E-state index contributed by atoms with van der Waals surface area (Å²) in [5.74, 6) is 0.426. The van der Waals surface area contributed by atoms with Gasteiger partial charge in [-0.15, -0.1) is 0 Å². The second-order valence-electron chi connectivity index (χ2n) is 5.12. The lowest BCUT2D eigenvalue weighted by Crippen LogP contribution is -2.10. The van der Waals surface area contributed by atoms with Crippen molar-refractivity contribution >= 4 is 11.5 Å². The standard InChI is InChI=1S/C19H16O2/c1-14-12-17(21-18(20)13-14)19(15-8-4-2-5-9-15)16-10-6-3-7-11-16/h2-11,13H,12H2,1H3. The number of cyclic esters (lactones) is 1. The molecule has 0 amide bonds. The van der Waals surface area contributed by atoms with Gasteiger partial charge in [0.05, 0.1) is 0 Å². The van der Waals surface area contributed by atoms with Gasteiger partial charge < -0.3 is 4.74 Å². The topological polar surface area (TPSA) is 26.3 Å². The molecule has 0 saturated heterocycles. The van der Waals surface area contributed by atoms with Gasteiger partial charge in [-0.2, -0.15) is 0 Å². The molecule has 0 unspecified atom stereocenters. The van der Waals surface area contributed by atoms with Crippen LogP contribution in [0.5, 0.6) is 0 Å². The Kier molecular flexibility index (Phi) is 3.69. The van der Waals surface area contributed by atoms with Gasteiger partial charge in [0.1, 0.15) is 5.76 Å². The van der Waals surface area contributed by atoms with Crippen LogP contribution in [-0.4, -0.2) is 5.97 Å². The van der Waals surface area contributed by atoms with Crippen molar-refractivity contribution in [1.82, 2.24) is 0 Å². The molecule has 1 heterocycles. The third kappa shape index (κ3) is 2.95. The molecule has 0 aliphatic carbocycles. The molecule has 2 aromatic carbocycles. The molecule has 0 bridgehead atoms. The molecule has 104 valence electrons. The molecule has 0 N–H and O–H groups in total. The summed E-state index contributed by atoms with van der Waals surface area (Å²) in [6.45, 7) is 1.95. The largest absolute Gasteiger partial charge is 0.427 e. The maximum absolute atomic E-state index is 11.7. The Balaban J connectivity index is 2.18. The van der Waals surface area contributed by atoms with Gasteiger partial charge in [0.2, 0.25) is 0 Å². The van der Waals surface area contributed by atoms with Crippen LogP contribution < -0.4 is 0 Å². The van der Waals surface area contributed by atoms with Crippen LogP contribution in [0.2, 0.25) is 0 Å². The monoisotopic (exact) mass is 276 g/mol. The minimum absolute atomic E-state index is 0.293. The summed E-state index contributed by atoms with van der Waals surface area (Å²) < 4.78 is 5.49. The maximum atomic E-state index is 11.7. The molecule has 0 fully saturated rings. The van der Waals surface area contributed by atoms with E-state index in [0.29, 0.717) is 6.42 Å². The summed E-state index contributed by atoms with van der Waals surface area (Å²) >= 11 is 0. The van der Waals surface area contributed by atoms with E-state index in [1.54, 1.807) is 6.08 Å². The number of rotatable bonds is 2. The zero-order valence-electron chi connectivity index (χ0n) is 11.9. The summed E-state index contributed by atoms with van der Waals surface area (Å²) in [6, 6.07) is 20.1. The number of ether oxygens (including phenoxy) is 1. The molecule has 1 aliphatic rings. The Hall–Kier alpha value is -2.61. The van der Waals surface area contributed by atoms with Crippen LogP contribution in [-0.2, 0) is 9.53 Å². The van der Waals surface area contributed by atoms with Gasteiger partial charge in [-0.25, -0.2) is 4.79 Å². The molecule has 21 heavy (non-hydrogen) atoms. The van der Waals surface area contributed by atoms with Crippen molar-refractivity contribution in [3.8, 4) is 0 Å². The molecular formula is C19H16O2. The Morgan fingerprint density at radius 3 is 1.90 bits per heavy atom. The zero-order chi connectivity index (χ0) is 14.7. The summed E-state index contributed by atoms with van der Waals surface area (Å²) in [6.07, 6.45) is 2.21. The fourth-order valence-electron chi connectivity index (χ4n) is 2.53. The SMILES string of the molecule is CC1=CC(=O)OC(=C(c2ccccc2)c2ccccc2)C1. The van der Waals surface area contributed by atoms with E-state index in [-0.39, 0.29) is 5.97 Å². The fourth-order valence-corrected chi connectivity index (χ4v) is 2.53. The van der Waals surface area contributed by atoms with Crippen LogP contribution in [0, 0.1) is 0 Å². The van der Waals surface area contributed by atoms with Crippen molar-refractivity contribution in [1.29, 1.82) is 0 Å². The first kappa shape index (κ1) is 13.4. The first-order valence-electron chi connectivity index (χ1n) is 6.97. The third-order valence-corrected chi connectivity index (χ3v) is 3.43. The fraction of sp³-hybridized carbons (Fsp3) is 0.105. The molecule has 0 spiro atoms. The Labute approximate surface area is 124 Å². The molecule has 0 atom stereocenters. The van der Waals surface area contributed by atoms with E-state index in [0.717, 1.165) is 28.0 Å². The Morgan fingerprint density at radius 2 is 1.43 bits per heavy atom. The number of benzene rings is 2. The van der Waals surface area contributed by atoms with E-state index in [2.05, 4.69) is 0 Å².